The molecule has 0 radical (unpaired) electrons. The summed E-state index contributed by atoms with van der Waals surface area (Å²) in [6.45, 7) is -2.52. The number of Topliss-reactive ketones (excluding diaryl/α,β-unsaturated/α-hetero) is 1. The highest BCUT2D eigenvalue weighted by Gasteiger charge is 2.27. The number of carbonyl (C=O) groups is 1. The SMILES string of the molecule is [2H]C1Oc2cc(CC(=O)c3sccc3S(=O)(=O)N([2H])c3onc(C)c3Cl)c(C([2H])([2H])[2H])cc2O1. The minimum atomic E-state index is -4.59. The maximum atomic E-state index is 13.1. The standard InChI is InChI=1S/C18H15ClN2O6S2/c1-9-5-13-14(26-8-25-13)7-11(9)6-12(22)17-15(3-4-28-17)29(23,24)21-18-16(19)10(2)20-27-18/h3-5,7,21H,6,8H2,1-2H3/i1D3,8D/hD. The van der Waals surface area contributed by atoms with Gasteiger partial charge in [-0.3, -0.25) is 4.79 Å². The van der Waals surface area contributed by atoms with Crippen LogP contribution in [-0.4, -0.2) is 26.1 Å². The van der Waals surface area contributed by atoms with Gasteiger partial charge in [-0.2, -0.15) is 0 Å². The molecule has 1 unspecified atom stereocenters. The van der Waals surface area contributed by atoms with Crippen molar-refractivity contribution < 1.29 is 34.1 Å². The molecule has 4 rings (SSSR count). The van der Waals surface area contributed by atoms with Crippen LogP contribution in [0.25, 0.3) is 0 Å². The van der Waals surface area contributed by atoms with Crippen molar-refractivity contribution in [2.45, 2.75) is 25.1 Å². The van der Waals surface area contributed by atoms with E-state index in [-0.39, 0.29) is 42.9 Å². The molecule has 11 heteroatoms. The number of anilines is 1. The number of fused-ring (bicyclic) bond motifs is 1. The quantitative estimate of drug-likeness (QED) is 0.555. The Hall–Kier alpha value is -2.56. The zero-order chi connectivity index (χ0) is 25.0. The number of aromatic nitrogens is 1. The third kappa shape index (κ3) is 3.70. The Labute approximate surface area is 182 Å². The predicted octanol–water partition coefficient (Wildman–Crippen LogP) is 3.96. The summed E-state index contributed by atoms with van der Waals surface area (Å²) in [6, 6.07) is 3.63. The molecular formula is C18H15ClN2O6S2. The van der Waals surface area contributed by atoms with E-state index in [2.05, 4.69) is 5.16 Å². The molecule has 0 saturated carbocycles. The van der Waals surface area contributed by atoms with Gasteiger partial charge in [0.1, 0.15) is 17.0 Å². The molecule has 3 heterocycles. The predicted molar refractivity (Wildman–Crippen MR) is 107 cm³/mol. The number of carbonyl (C=O) groups excluding carboxylic acids is 1. The van der Waals surface area contributed by atoms with Gasteiger partial charge in [0.2, 0.25) is 6.77 Å². The van der Waals surface area contributed by atoms with Crippen LogP contribution in [0.2, 0.25) is 6.43 Å². The van der Waals surface area contributed by atoms with Gasteiger partial charge >= 0.3 is 0 Å². The van der Waals surface area contributed by atoms with Crippen LogP contribution in [0.4, 0.5) is 5.88 Å². The largest absolute Gasteiger partial charge is 0.454 e. The van der Waals surface area contributed by atoms with Crippen molar-refractivity contribution >= 4 is 44.6 Å². The lowest BCUT2D eigenvalue weighted by Crippen LogP contribution is -2.16. The van der Waals surface area contributed by atoms with Crippen LogP contribution in [0.15, 0.2) is 33.0 Å². The van der Waals surface area contributed by atoms with Gasteiger partial charge in [-0.15, -0.1) is 11.3 Å². The number of ketones is 1. The number of ether oxygens (including phenoxy) is 2. The van der Waals surface area contributed by atoms with E-state index in [1.165, 1.54) is 24.4 Å². The normalized spacial score (nSPS) is 18.4. The molecule has 0 saturated heterocycles. The Morgan fingerprint density at radius 1 is 1.45 bits per heavy atom. The molecule has 1 aliphatic heterocycles. The molecule has 2 aromatic heterocycles. The summed E-state index contributed by atoms with van der Waals surface area (Å²) in [5, 5.41) is 4.71. The number of aryl methyl sites for hydroxylation is 2. The summed E-state index contributed by atoms with van der Waals surface area (Å²) in [5.74, 6) is -1.07. The average molecular weight is 460 g/mol. The van der Waals surface area contributed by atoms with Crippen molar-refractivity contribution in [3.63, 3.8) is 0 Å². The first-order valence-corrected chi connectivity index (χ1v) is 10.7. The second kappa shape index (κ2) is 7.36. The Bertz CT molecular complexity index is 1390. The van der Waals surface area contributed by atoms with Crippen LogP contribution in [0.1, 0.15) is 32.0 Å². The number of hydrogen-bond acceptors (Lipinski definition) is 8. The Kier molecular flexibility index (Phi) is 3.66. The molecule has 1 aromatic carbocycles. The van der Waals surface area contributed by atoms with Crippen LogP contribution in [0.5, 0.6) is 11.5 Å². The molecule has 152 valence electrons. The average Bonchev–Trinajstić information content (AvgIpc) is 3.45. The number of nitrogens with zero attached hydrogens (tertiary/aromatic N) is 1. The van der Waals surface area contributed by atoms with Crippen molar-refractivity contribution in [1.29, 1.82) is 0 Å². The monoisotopic (exact) mass is 459 g/mol. The highest BCUT2D eigenvalue weighted by atomic mass is 35.5. The second-order valence-corrected chi connectivity index (χ2v) is 8.82. The van der Waals surface area contributed by atoms with Crippen molar-refractivity contribution in [3.8, 4) is 11.5 Å². The Balaban J connectivity index is 1.69. The fourth-order valence-corrected chi connectivity index (χ4v) is 5.04. The number of nitrogens with one attached hydrogen (secondary N) is 1. The number of halogens is 1. The third-order valence-corrected chi connectivity index (χ3v) is 6.83. The molecule has 0 spiro atoms. The van der Waals surface area contributed by atoms with Gasteiger partial charge in [0.05, 0.1) is 4.88 Å². The summed E-state index contributed by atoms with van der Waals surface area (Å²) in [7, 11) is -4.59. The summed E-state index contributed by atoms with van der Waals surface area (Å²) in [4.78, 5) is 12.4. The molecule has 29 heavy (non-hydrogen) atoms. The molecule has 0 bridgehead atoms. The second-order valence-electron chi connectivity index (χ2n) is 5.96. The lowest BCUT2D eigenvalue weighted by atomic mass is 10.0. The molecule has 8 nitrogen and oxygen atoms in total. The number of sulfonamides is 1. The van der Waals surface area contributed by atoms with Crippen molar-refractivity contribution in [2.75, 3.05) is 11.5 Å². The molecule has 0 fully saturated rings. The molecule has 1 aliphatic rings. The van der Waals surface area contributed by atoms with E-state index in [4.69, 9.17) is 32.5 Å². The van der Waals surface area contributed by atoms with E-state index in [0.717, 1.165) is 17.4 Å². The van der Waals surface area contributed by atoms with Crippen LogP contribution in [0.3, 0.4) is 0 Å². The van der Waals surface area contributed by atoms with E-state index in [0.29, 0.717) is 0 Å². The number of benzene rings is 1. The van der Waals surface area contributed by atoms with Crippen LogP contribution in [0, 0.1) is 13.8 Å². The van der Waals surface area contributed by atoms with Gasteiger partial charge in [0, 0.05) is 10.5 Å². The maximum Gasteiger partial charge on any atom is 0.265 e. The molecule has 0 amide bonds. The van der Waals surface area contributed by atoms with Gasteiger partial charge in [0.25, 0.3) is 15.9 Å². The molecule has 3 aromatic rings. The van der Waals surface area contributed by atoms with E-state index >= 15 is 0 Å². The highest BCUT2D eigenvalue weighted by Crippen LogP contribution is 2.36. The highest BCUT2D eigenvalue weighted by molar-refractivity contribution is 7.93. The molecule has 1 N–H and O–H groups in total. The van der Waals surface area contributed by atoms with Gasteiger partial charge in [-0.25, -0.2) is 13.1 Å². The Morgan fingerprint density at radius 2 is 2.21 bits per heavy atom. The zero-order valence-corrected chi connectivity index (χ0v) is 17.0. The fourth-order valence-electron chi connectivity index (χ4n) is 2.58. The van der Waals surface area contributed by atoms with Gasteiger partial charge in [-0.1, -0.05) is 16.8 Å². The van der Waals surface area contributed by atoms with Crippen LogP contribution >= 0.6 is 22.9 Å². The summed E-state index contributed by atoms with van der Waals surface area (Å²) >= 11 is 6.78. The van der Waals surface area contributed by atoms with E-state index < -0.39 is 46.6 Å². The number of thiophene rings is 1. The summed E-state index contributed by atoms with van der Waals surface area (Å²) in [6.07, 6.45) is -0.476. The maximum absolute atomic E-state index is 13.1. The lowest BCUT2D eigenvalue weighted by Gasteiger charge is -2.09. The topological polar surface area (TPSA) is 108 Å². The first-order valence-electron chi connectivity index (χ1n) is 10.5. The van der Waals surface area contributed by atoms with E-state index in [1.54, 1.807) is 0 Å². The summed E-state index contributed by atoms with van der Waals surface area (Å²) < 4.78 is 80.1. The van der Waals surface area contributed by atoms with E-state index in [1.807, 2.05) is 0 Å². The van der Waals surface area contributed by atoms with Gasteiger partial charge < -0.3 is 14.0 Å². The fraction of sp³-hybridized carbons (Fsp3) is 0.222. The Morgan fingerprint density at radius 3 is 2.90 bits per heavy atom. The van der Waals surface area contributed by atoms with Crippen molar-refractivity contribution in [1.82, 2.24) is 5.16 Å². The minimum Gasteiger partial charge on any atom is -0.454 e. The third-order valence-electron chi connectivity index (χ3n) is 4.01. The van der Waals surface area contributed by atoms with Crippen molar-refractivity contribution in [2.24, 2.45) is 0 Å². The number of rotatable bonds is 6. The molecule has 1 atom stereocenters. The first kappa shape index (κ1) is 14.4. The number of hydrogen-bond donors (Lipinski definition) is 1. The van der Waals surface area contributed by atoms with Crippen LogP contribution < -0.4 is 14.2 Å². The first-order chi connectivity index (χ1) is 15.8. The van der Waals surface area contributed by atoms with Gasteiger partial charge in [-0.05, 0) is 48.5 Å². The minimum absolute atomic E-state index is 0.0387. The van der Waals surface area contributed by atoms with Crippen LogP contribution in [-0.2, 0) is 16.4 Å². The molecular weight excluding hydrogens is 440 g/mol. The lowest BCUT2D eigenvalue weighted by molar-refractivity contribution is 0.0994. The smallest absolute Gasteiger partial charge is 0.265 e. The summed E-state index contributed by atoms with van der Waals surface area (Å²) in [5.41, 5.74) is 0.0554. The van der Waals surface area contributed by atoms with Crippen molar-refractivity contribution in [3.05, 3.63) is 50.3 Å². The molecule has 0 aliphatic carbocycles. The van der Waals surface area contributed by atoms with E-state index in [9.17, 15) is 13.2 Å². The van der Waals surface area contributed by atoms with Gasteiger partial charge in [0.15, 0.2) is 18.7 Å². The zero-order valence-electron chi connectivity index (χ0n) is 19.6.